The third-order valence-corrected chi connectivity index (χ3v) is 5.31. The molecule has 1 atom stereocenters. The van der Waals surface area contributed by atoms with Gasteiger partial charge in [-0.1, -0.05) is 55.8 Å². The zero-order chi connectivity index (χ0) is 21.0. The first kappa shape index (κ1) is 24.3. The van der Waals surface area contributed by atoms with Gasteiger partial charge >= 0.3 is 35.5 Å². The van der Waals surface area contributed by atoms with Gasteiger partial charge in [0.05, 0.1) is 11.7 Å². The molecule has 1 unspecified atom stereocenters. The Bertz CT molecular complexity index is 933. The van der Waals surface area contributed by atoms with E-state index >= 15 is 0 Å². The van der Waals surface area contributed by atoms with Crippen LogP contribution >= 0.6 is 11.8 Å². The third-order valence-electron chi connectivity index (χ3n) is 4.88. The number of benzene rings is 2. The Labute approximate surface area is 203 Å². The van der Waals surface area contributed by atoms with Crippen molar-refractivity contribution in [1.29, 1.82) is 0 Å². The topological polar surface area (TPSA) is 81.1 Å². The molecule has 0 bridgehead atoms. The molecule has 30 heavy (non-hydrogen) atoms. The second-order valence-electron chi connectivity index (χ2n) is 6.87. The molecule has 1 amide bonds. The first-order valence-corrected chi connectivity index (χ1v) is 9.77. The minimum atomic E-state index is -1.08. The first-order chi connectivity index (χ1) is 13.9. The number of allylic oxidation sites excluding steroid dienone is 1. The van der Waals surface area contributed by atoms with Crippen molar-refractivity contribution in [3.05, 3.63) is 71.6 Å². The molecule has 1 aliphatic heterocycles. The average Bonchev–Trinajstić information content (AvgIpc) is 3.02. The summed E-state index contributed by atoms with van der Waals surface area (Å²) in [5, 5.41) is 18.8. The Morgan fingerprint density at radius 3 is 2.37 bits per heavy atom. The quantitative estimate of drug-likeness (QED) is 0.395. The molecule has 2 N–H and O–H groups in total. The summed E-state index contributed by atoms with van der Waals surface area (Å²) < 4.78 is 1.46. The molecule has 0 saturated heterocycles. The summed E-state index contributed by atoms with van der Waals surface area (Å²) in [5.41, 5.74) is 3.21. The maximum Gasteiger partial charge on any atom is 1.00 e. The summed E-state index contributed by atoms with van der Waals surface area (Å²) in [5.74, 6) is -0.972. The molecular weight excluding hydrogens is 415 g/mol. The van der Waals surface area contributed by atoms with Crippen LogP contribution in [0.15, 0.2) is 54.2 Å². The van der Waals surface area contributed by atoms with Gasteiger partial charge in [0.2, 0.25) is 6.09 Å². The Hall–Kier alpha value is -1.99. The second kappa shape index (κ2) is 10.9. The molecule has 0 fully saturated rings. The van der Waals surface area contributed by atoms with Gasteiger partial charge < -0.3 is 19.9 Å². The maximum absolute atomic E-state index is 11.5. The van der Waals surface area contributed by atoms with E-state index in [2.05, 4.69) is 6.20 Å². The number of rotatable bonds is 7. The number of carbonyl (C=O) groups is 2. The second-order valence-corrected chi connectivity index (χ2v) is 7.23. The van der Waals surface area contributed by atoms with E-state index < -0.39 is 18.2 Å². The van der Waals surface area contributed by atoms with Crippen LogP contribution in [0.1, 0.15) is 42.1 Å². The van der Waals surface area contributed by atoms with E-state index in [4.69, 9.17) is 11.8 Å². The number of carboxylic acid groups (broad SMARTS) is 2. The molecule has 0 saturated carbocycles. The third kappa shape index (κ3) is 5.38. The van der Waals surface area contributed by atoms with Crippen molar-refractivity contribution in [2.24, 2.45) is 0 Å². The van der Waals surface area contributed by atoms with Crippen LogP contribution < -0.4 is 29.6 Å². The fraction of sp³-hybridized carbons (Fsp3) is 0.273. The van der Waals surface area contributed by atoms with Gasteiger partial charge in [-0.25, -0.2) is 4.79 Å². The molecular formula is C22H22ClN2NaO4. The largest absolute Gasteiger partial charge is 1.00 e. The summed E-state index contributed by atoms with van der Waals surface area (Å²) in [6.45, 7) is 2.04. The van der Waals surface area contributed by atoms with Crippen molar-refractivity contribution in [3.63, 3.8) is 0 Å². The van der Waals surface area contributed by atoms with Crippen LogP contribution in [-0.2, 0) is 6.42 Å². The van der Waals surface area contributed by atoms with Gasteiger partial charge in [0, 0.05) is 11.8 Å². The van der Waals surface area contributed by atoms with E-state index in [1.807, 2.05) is 31.2 Å². The van der Waals surface area contributed by atoms with Gasteiger partial charge in [-0.2, -0.15) is 0 Å². The zero-order valence-electron chi connectivity index (χ0n) is 17.0. The Balaban J connectivity index is 0.00000320. The van der Waals surface area contributed by atoms with E-state index in [1.54, 1.807) is 24.3 Å². The Morgan fingerprint density at radius 2 is 1.77 bits per heavy atom. The molecule has 0 spiro atoms. The molecule has 0 radical (unpaired) electrons. The molecule has 2 aromatic rings. The number of aromatic carboxylic acids is 1. The van der Waals surface area contributed by atoms with Gasteiger partial charge in [0.25, 0.3) is 0 Å². The van der Waals surface area contributed by atoms with E-state index in [0.29, 0.717) is 24.1 Å². The Morgan fingerprint density at radius 1 is 1.10 bits per heavy atom. The predicted molar refractivity (Wildman–Crippen MR) is 110 cm³/mol. The SMILES string of the molecule is CCCCC1N(Cl)C(Cc2ccc(-c3ccccc3C(=O)O)cc2)=[C-]N1C(=O)O.[Na+]. The fourth-order valence-corrected chi connectivity index (χ4v) is 3.66. The minimum Gasteiger partial charge on any atom is -0.550 e. The fourth-order valence-electron chi connectivity index (χ4n) is 3.38. The van der Waals surface area contributed by atoms with E-state index in [9.17, 15) is 19.8 Å². The zero-order valence-corrected chi connectivity index (χ0v) is 19.8. The minimum absolute atomic E-state index is 0. The average molecular weight is 437 g/mol. The van der Waals surface area contributed by atoms with E-state index in [0.717, 1.165) is 28.9 Å². The standard InChI is InChI=1S/C22H22ClN2O4.Na/c1-2-3-8-20-24(22(28)29)14-17(25(20)23)13-15-9-11-16(12-10-15)18-6-4-5-7-19(18)21(26)27;/h4-7,9-12,20H,2-3,8,13H2,1H3,(H,26,27)(H,28,29);/q-1;+1. The van der Waals surface area contributed by atoms with Crippen molar-refractivity contribution in [3.8, 4) is 11.1 Å². The van der Waals surface area contributed by atoms with Crippen LogP contribution in [0.2, 0.25) is 0 Å². The molecule has 1 heterocycles. The van der Waals surface area contributed by atoms with E-state index in [-0.39, 0.29) is 35.1 Å². The van der Waals surface area contributed by atoms with Gasteiger partial charge in [0.15, 0.2) is 0 Å². The monoisotopic (exact) mass is 436 g/mol. The number of hydrogen-bond acceptors (Lipinski definition) is 3. The van der Waals surface area contributed by atoms with Crippen LogP contribution in [0.4, 0.5) is 4.79 Å². The van der Waals surface area contributed by atoms with Crippen molar-refractivity contribution in [1.82, 2.24) is 9.32 Å². The predicted octanol–water partition coefficient (Wildman–Crippen LogP) is 2.21. The number of halogens is 1. The summed E-state index contributed by atoms with van der Waals surface area (Å²) in [6, 6.07) is 14.3. The summed E-state index contributed by atoms with van der Waals surface area (Å²) in [7, 11) is 0. The van der Waals surface area contributed by atoms with Gasteiger partial charge in [-0.05, 0) is 47.7 Å². The number of hydrogen-bond donors (Lipinski definition) is 2. The number of carboxylic acids is 1. The van der Waals surface area contributed by atoms with Crippen molar-refractivity contribution in [2.75, 3.05) is 0 Å². The van der Waals surface area contributed by atoms with Crippen LogP contribution in [0.25, 0.3) is 11.1 Å². The molecule has 6 nitrogen and oxygen atoms in total. The molecule has 152 valence electrons. The Kier molecular flexibility index (Phi) is 8.79. The van der Waals surface area contributed by atoms with Gasteiger partial charge in [0.1, 0.15) is 0 Å². The van der Waals surface area contributed by atoms with Crippen molar-refractivity contribution >= 4 is 23.8 Å². The number of unbranched alkanes of at least 4 members (excludes halogenated alkanes) is 1. The van der Waals surface area contributed by atoms with E-state index in [1.165, 1.54) is 4.42 Å². The number of nitrogens with zero attached hydrogens (tertiary/aromatic N) is 2. The molecule has 3 rings (SSSR count). The number of amides is 1. The van der Waals surface area contributed by atoms with Crippen molar-refractivity contribution in [2.45, 2.75) is 38.8 Å². The van der Waals surface area contributed by atoms with Crippen LogP contribution in [0.5, 0.6) is 0 Å². The van der Waals surface area contributed by atoms with Crippen LogP contribution in [-0.4, -0.2) is 37.8 Å². The van der Waals surface area contributed by atoms with Crippen LogP contribution in [0.3, 0.4) is 0 Å². The maximum atomic E-state index is 11.5. The van der Waals surface area contributed by atoms with Crippen LogP contribution in [0, 0.1) is 6.20 Å². The van der Waals surface area contributed by atoms with Crippen molar-refractivity contribution < 1.29 is 49.4 Å². The summed E-state index contributed by atoms with van der Waals surface area (Å²) in [6.07, 6.45) is 4.23. The molecule has 2 aromatic carbocycles. The summed E-state index contributed by atoms with van der Waals surface area (Å²) >= 11 is 6.42. The first-order valence-electron chi connectivity index (χ1n) is 9.43. The molecule has 8 heteroatoms. The van der Waals surface area contributed by atoms with Gasteiger partial charge in [-0.3, -0.25) is 4.42 Å². The molecule has 0 aliphatic carbocycles. The smallest absolute Gasteiger partial charge is 0.550 e. The normalized spacial score (nSPS) is 15.5. The molecule has 1 aliphatic rings. The van der Waals surface area contributed by atoms with Gasteiger partial charge in [-0.15, -0.1) is 6.20 Å². The summed E-state index contributed by atoms with van der Waals surface area (Å²) in [4.78, 5) is 24.1. The molecule has 0 aromatic heterocycles.